The first kappa shape index (κ1) is 12.4. The van der Waals surface area contributed by atoms with Gasteiger partial charge in [0.05, 0.1) is 6.61 Å². The summed E-state index contributed by atoms with van der Waals surface area (Å²) >= 11 is 1.91. The summed E-state index contributed by atoms with van der Waals surface area (Å²) in [6, 6.07) is 7.94. The summed E-state index contributed by atoms with van der Waals surface area (Å²) in [6.45, 7) is 5.67. The van der Waals surface area contributed by atoms with E-state index in [9.17, 15) is 0 Å². The van der Waals surface area contributed by atoms with Crippen molar-refractivity contribution in [3.8, 4) is 5.75 Å². The molecule has 84 valence electrons. The highest BCUT2D eigenvalue weighted by molar-refractivity contribution is 7.99. The van der Waals surface area contributed by atoms with Crippen LogP contribution < -0.4 is 10.5 Å². The number of ether oxygens (including phenoxy) is 1. The minimum atomic E-state index is 0.535. The summed E-state index contributed by atoms with van der Waals surface area (Å²) in [5, 5.41) is 0.665. The Morgan fingerprint density at radius 1 is 1.33 bits per heavy atom. The van der Waals surface area contributed by atoms with Crippen LogP contribution in [0.15, 0.2) is 24.3 Å². The van der Waals surface area contributed by atoms with E-state index in [1.165, 1.54) is 0 Å². The highest BCUT2D eigenvalue weighted by Gasteiger charge is 2.00. The Hall–Kier alpha value is -0.670. The number of hydrogen-bond acceptors (Lipinski definition) is 3. The number of para-hydroxylation sites is 1. The van der Waals surface area contributed by atoms with E-state index in [0.717, 1.165) is 23.7 Å². The first-order valence-electron chi connectivity index (χ1n) is 5.26. The van der Waals surface area contributed by atoms with Gasteiger partial charge in [0.15, 0.2) is 0 Å². The second-order valence-electron chi connectivity index (χ2n) is 3.58. The summed E-state index contributed by atoms with van der Waals surface area (Å²) in [7, 11) is 0. The first-order chi connectivity index (χ1) is 7.24. The normalized spacial score (nSPS) is 10.7. The number of rotatable bonds is 6. The minimum Gasteiger partial charge on any atom is -0.492 e. The fraction of sp³-hybridized carbons (Fsp3) is 0.500. The monoisotopic (exact) mass is 225 g/mol. The molecule has 0 aliphatic heterocycles. The van der Waals surface area contributed by atoms with E-state index < -0.39 is 0 Å². The predicted molar refractivity (Wildman–Crippen MR) is 67.4 cm³/mol. The fourth-order valence-corrected chi connectivity index (χ4v) is 1.90. The van der Waals surface area contributed by atoms with Gasteiger partial charge in [-0.2, -0.15) is 11.8 Å². The highest BCUT2D eigenvalue weighted by Crippen LogP contribution is 2.17. The highest BCUT2D eigenvalue weighted by atomic mass is 32.2. The van der Waals surface area contributed by atoms with Crippen LogP contribution in [-0.4, -0.2) is 17.6 Å². The summed E-state index contributed by atoms with van der Waals surface area (Å²) in [5.74, 6) is 1.95. The van der Waals surface area contributed by atoms with Crippen LogP contribution in [0.5, 0.6) is 5.75 Å². The minimum absolute atomic E-state index is 0.535. The van der Waals surface area contributed by atoms with Gasteiger partial charge in [-0.15, -0.1) is 0 Å². The fourth-order valence-electron chi connectivity index (χ4n) is 1.25. The number of thioether (sulfide) groups is 1. The average molecular weight is 225 g/mol. The van der Waals surface area contributed by atoms with E-state index in [-0.39, 0.29) is 0 Å². The predicted octanol–water partition coefficient (Wildman–Crippen LogP) is 2.67. The van der Waals surface area contributed by atoms with Crippen molar-refractivity contribution in [1.82, 2.24) is 0 Å². The van der Waals surface area contributed by atoms with E-state index in [4.69, 9.17) is 10.5 Å². The van der Waals surface area contributed by atoms with Crippen LogP contribution in [-0.2, 0) is 6.54 Å². The molecule has 0 saturated carbocycles. The van der Waals surface area contributed by atoms with Gasteiger partial charge in [0, 0.05) is 17.9 Å². The molecule has 0 aliphatic carbocycles. The van der Waals surface area contributed by atoms with Crippen molar-refractivity contribution >= 4 is 11.8 Å². The van der Waals surface area contributed by atoms with Crippen molar-refractivity contribution in [2.24, 2.45) is 5.73 Å². The Morgan fingerprint density at radius 2 is 2.07 bits per heavy atom. The molecule has 0 amide bonds. The molecule has 2 nitrogen and oxygen atoms in total. The maximum absolute atomic E-state index is 5.68. The van der Waals surface area contributed by atoms with Gasteiger partial charge in [0.25, 0.3) is 0 Å². The molecule has 3 heteroatoms. The van der Waals surface area contributed by atoms with Gasteiger partial charge in [0.1, 0.15) is 5.75 Å². The molecule has 0 aromatic heterocycles. The lowest BCUT2D eigenvalue weighted by atomic mass is 10.2. The van der Waals surface area contributed by atoms with Crippen molar-refractivity contribution in [2.75, 3.05) is 12.4 Å². The second-order valence-corrected chi connectivity index (χ2v) is 5.26. The molecule has 0 aliphatic rings. The average Bonchev–Trinajstić information content (AvgIpc) is 2.24. The van der Waals surface area contributed by atoms with E-state index in [1.54, 1.807) is 0 Å². The van der Waals surface area contributed by atoms with Gasteiger partial charge in [-0.3, -0.25) is 0 Å². The topological polar surface area (TPSA) is 35.2 Å². The van der Waals surface area contributed by atoms with Gasteiger partial charge < -0.3 is 10.5 Å². The standard InChI is InChI=1S/C12H19NOS/c1-10(2)15-8-7-14-12-6-4-3-5-11(12)9-13/h3-6,10H,7-9,13H2,1-2H3. The zero-order valence-electron chi connectivity index (χ0n) is 9.40. The van der Waals surface area contributed by atoms with E-state index in [1.807, 2.05) is 36.0 Å². The van der Waals surface area contributed by atoms with E-state index in [0.29, 0.717) is 11.8 Å². The third-order valence-electron chi connectivity index (χ3n) is 1.98. The van der Waals surface area contributed by atoms with Crippen molar-refractivity contribution in [2.45, 2.75) is 25.6 Å². The van der Waals surface area contributed by atoms with Gasteiger partial charge in [-0.25, -0.2) is 0 Å². The number of benzene rings is 1. The third kappa shape index (κ3) is 4.58. The van der Waals surface area contributed by atoms with Gasteiger partial charge in [0.2, 0.25) is 0 Å². The lowest BCUT2D eigenvalue weighted by Gasteiger charge is -2.10. The largest absolute Gasteiger partial charge is 0.492 e. The molecule has 0 heterocycles. The molecule has 1 rings (SSSR count). The molecule has 0 radical (unpaired) electrons. The summed E-state index contributed by atoms with van der Waals surface area (Å²) < 4.78 is 5.68. The Labute approximate surface area is 96.2 Å². The molecule has 0 spiro atoms. The molecule has 0 atom stereocenters. The molecule has 0 bridgehead atoms. The van der Waals surface area contributed by atoms with E-state index >= 15 is 0 Å². The summed E-state index contributed by atoms with van der Waals surface area (Å²) in [4.78, 5) is 0. The van der Waals surface area contributed by atoms with Crippen molar-refractivity contribution in [1.29, 1.82) is 0 Å². The van der Waals surface area contributed by atoms with Gasteiger partial charge in [-0.1, -0.05) is 32.0 Å². The lowest BCUT2D eigenvalue weighted by Crippen LogP contribution is -2.06. The second kappa shape index (κ2) is 6.75. The number of nitrogens with two attached hydrogens (primary N) is 1. The zero-order chi connectivity index (χ0) is 11.1. The smallest absolute Gasteiger partial charge is 0.123 e. The number of hydrogen-bond donors (Lipinski definition) is 1. The Balaban J connectivity index is 2.36. The Bertz CT molecular complexity index is 289. The van der Waals surface area contributed by atoms with Crippen LogP contribution in [0.4, 0.5) is 0 Å². The van der Waals surface area contributed by atoms with Crippen LogP contribution in [0, 0.1) is 0 Å². The SMILES string of the molecule is CC(C)SCCOc1ccccc1CN. The quantitative estimate of drug-likeness (QED) is 0.756. The molecule has 0 unspecified atom stereocenters. The van der Waals surface area contributed by atoms with Gasteiger partial charge in [-0.05, 0) is 11.3 Å². The molecular formula is C12H19NOS. The zero-order valence-corrected chi connectivity index (χ0v) is 10.2. The molecular weight excluding hydrogens is 206 g/mol. The van der Waals surface area contributed by atoms with Crippen molar-refractivity contribution < 1.29 is 4.74 Å². The Morgan fingerprint density at radius 3 is 2.73 bits per heavy atom. The molecule has 1 aromatic rings. The maximum Gasteiger partial charge on any atom is 0.123 e. The Kier molecular flexibility index (Phi) is 5.58. The lowest BCUT2D eigenvalue weighted by molar-refractivity contribution is 0.340. The molecule has 0 saturated heterocycles. The molecule has 0 fully saturated rings. The van der Waals surface area contributed by atoms with Crippen LogP contribution >= 0.6 is 11.8 Å². The van der Waals surface area contributed by atoms with Gasteiger partial charge >= 0.3 is 0 Å². The van der Waals surface area contributed by atoms with E-state index in [2.05, 4.69) is 13.8 Å². The van der Waals surface area contributed by atoms with Crippen molar-refractivity contribution in [3.05, 3.63) is 29.8 Å². The van der Waals surface area contributed by atoms with Crippen LogP contribution in [0.25, 0.3) is 0 Å². The molecule has 2 N–H and O–H groups in total. The maximum atomic E-state index is 5.68. The van der Waals surface area contributed by atoms with Crippen LogP contribution in [0.2, 0.25) is 0 Å². The van der Waals surface area contributed by atoms with Crippen molar-refractivity contribution in [3.63, 3.8) is 0 Å². The summed E-state index contributed by atoms with van der Waals surface area (Å²) in [6.07, 6.45) is 0. The first-order valence-corrected chi connectivity index (χ1v) is 6.31. The summed E-state index contributed by atoms with van der Waals surface area (Å²) in [5.41, 5.74) is 6.69. The molecule has 15 heavy (non-hydrogen) atoms. The van der Waals surface area contributed by atoms with Crippen LogP contribution in [0.3, 0.4) is 0 Å². The third-order valence-corrected chi connectivity index (χ3v) is 3.05. The van der Waals surface area contributed by atoms with Crippen LogP contribution in [0.1, 0.15) is 19.4 Å². The molecule has 1 aromatic carbocycles.